The average Bonchev–Trinajstić information content (AvgIpc) is 2.84. The van der Waals surface area contributed by atoms with Crippen LogP contribution < -0.4 is 11.3 Å². The van der Waals surface area contributed by atoms with Crippen LogP contribution in [-0.2, 0) is 12.8 Å². The zero-order chi connectivity index (χ0) is 13.8. The highest BCUT2D eigenvalue weighted by Gasteiger charge is 2.16. The zero-order valence-corrected chi connectivity index (χ0v) is 12.2. The molecule has 102 valence electrons. The van der Waals surface area contributed by atoms with E-state index in [0.717, 1.165) is 6.42 Å². The van der Waals surface area contributed by atoms with Crippen molar-refractivity contribution in [2.75, 3.05) is 0 Å². The SMILES string of the molecule is CCc1ccc(CC(NN)c2ccc(Cl)cc2F)s1. The molecule has 0 saturated carbocycles. The van der Waals surface area contributed by atoms with Gasteiger partial charge in [-0.2, -0.15) is 0 Å². The van der Waals surface area contributed by atoms with Gasteiger partial charge in [0.15, 0.2) is 0 Å². The topological polar surface area (TPSA) is 38.0 Å². The van der Waals surface area contributed by atoms with E-state index in [2.05, 4.69) is 24.5 Å². The molecule has 5 heteroatoms. The summed E-state index contributed by atoms with van der Waals surface area (Å²) in [4.78, 5) is 2.51. The second-order valence-corrected chi connectivity index (χ2v) is 6.00. The first-order valence-electron chi connectivity index (χ1n) is 6.12. The molecule has 0 saturated heterocycles. The van der Waals surface area contributed by atoms with Crippen LogP contribution in [0.5, 0.6) is 0 Å². The van der Waals surface area contributed by atoms with E-state index < -0.39 is 0 Å². The second kappa shape index (κ2) is 6.48. The van der Waals surface area contributed by atoms with E-state index >= 15 is 0 Å². The fourth-order valence-electron chi connectivity index (χ4n) is 1.97. The summed E-state index contributed by atoms with van der Waals surface area (Å²) in [6.07, 6.45) is 1.68. The Morgan fingerprint density at radius 3 is 2.63 bits per heavy atom. The zero-order valence-electron chi connectivity index (χ0n) is 10.6. The van der Waals surface area contributed by atoms with Gasteiger partial charge < -0.3 is 0 Å². The van der Waals surface area contributed by atoms with Crippen molar-refractivity contribution in [2.24, 2.45) is 5.84 Å². The Bertz CT molecular complexity index is 556. The van der Waals surface area contributed by atoms with E-state index in [0.29, 0.717) is 17.0 Å². The quantitative estimate of drug-likeness (QED) is 0.650. The molecule has 0 spiro atoms. The van der Waals surface area contributed by atoms with Crippen LogP contribution in [0.3, 0.4) is 0 Å². The minimum atomic E-state index is -0.331. The van der Waals surface area contributed by atoms with Crippen LogP contribution in [-0.4, -0.2) is 0 Å². The van der Waals surface area contributed by atoms with Crippen molar-refractivity contribution in [3.8, 4) is 0 Å². The highest BCUT2D eigenvalue weighted by atomic mass is 35.5. The van der Waals surface area contributed by atoms with E-state index in [4.69, 9.17) is 17.4 Å². The maximum Gasteiger partial charge on any atom is 0.129 e. The number of benzene rings is 1. The van der Waals surface area contributed by atoms with Gasteiger partial charge >= 0.3 is 0 Å². The lowest BCUT2D eigenvalue weighted by Gasteiger charge is -2.16. The van der Waals surface area contributed by atoms with Crippen LogP contribution in [0, 0.1) is 5.82 Å². The molecule has 2 aromatic rings. The largest absolute Gasteiger partial charge is 0.271 e. The van der Waals surface area contributed by atoms with Crippen molar-refractivity contribution in [1.29, 1.82) is 0 Å². The van der Waals surface area contributed by atoms with Crippen LogP contribution in [0.25, 0.3) is 0 Å². The third-order valence-electron chi connectivity index (χ3n) is 3.01. The molecule has 0 aliphatic heterocycles. The summed E-state index contributed by atoms with van der Waals surface area (Å²) in [5, 5.41) is 0.390. The Morgan fingerprint density at radius 1 is 1.32 bits per heavy atom. The van der Waals surface area contributed by atoms with Gasteiger partial charge in [-0.15, -0.1) is 11.3 Å². The number of nitrogens with one attached hydrogen (secondary N) is 1. The Hall–Kier alpha value is -0.940. The van der Waals surface area contributed by atoms with Crippen molar-refractivity contribution in [3.05, 3.63) is 56.5 Å². The third-order valence-corrected chi connectivity index (χ3v) is 4.50. The molecule has 1 heterocycles. The average molecular weight is 299 g/mol. The van der Waals surface area contributed by atoms with Crippen molar-refractivity contribution in [1.82, 2.24) is 5.43 Å². The molecule has 1 aromatic carbocycles. The monoisotopic (exact) mass is 298 g/mol. The Morgan fingerprint density at radius 2 is 2.05 bits per heavy atom. The van der Waals surface area contributed by atoms with Gasteiger partial charge in [-0.05, 0) is 30.7 Å². The summed E-state index contributed by atoms with van der Waals surface area (Å²) >= 11 is 7.49. The van der Waals surface area contributed by atoms with E-state index in [1.54, 1.807) is 23.5 Å². The summed E-state index contributed by atoms with van der Waals surface area (Å²) < 4.78 is 13.9. The molecule has 2 rings (SSSR count). The minimum Gasteiger partial charge on any atom is -0.271 e. The number of nitrogens with two attached hydrogens (primary N) is 1. The Balaban J connectivity index is 2.19. The molecular weight excluding hydrogens is 283 g/mol. The minimum absolute atomic E-state index is 0.249. The van der Waals surface area contributed by atoms with Crippen LogP contribution >= 0.6 is 22.9 Å². The fraction of sp³-hybridized carbons (Fsp3) is 0.286. The van der Waals surface area contributed by atoms with Gasteiger partial charge in [-0.3, -0.25) is 11.3 Å². The van der Waals surface area contributed by atoms with Gasteiger partial charge in [0.05, 0.1) is 6.04 Å². The first-order valence-corrected chi connectivity index (χ1v) is 7.32. The molecule has 0 aliphatic carbocycles. The van der Waals surface area contributed by atoms with E-state index in [9.17, 15) is 4.39 Å². The fourth-order valence-corrected chi connectivity index (χ4v) is 3.13. The van der Waals surface area contributed by atoms with Gasteiger partial charge in [0.25, 0.3) is 0 Å². The summed E-state index contributed by atoms with van der Waals surface area (Å²) in [6.45, 7) is 2.12. The molecule has 2 nitrogen and oxygen atoms in total. The summed E-state index contributed by atoms with van der Waals surface area (Å²) in [5.41, 5.74) is 3.22. The van der Waals surface area contributed by atoms with Gasteiger partial charge in [-0.25, -0.2) is 4.39 Å². The van der Waals surface area contributed by atoms with Gasteiger partial charge in [0, 0.05) is 26.8 Å². The number of hydrogen-bond acceptors (Lipinski definition) is 3. The molecule has 0 amide bonds. The van der Waals surface area contributed by atoms with E-state index in [1.807, 2.05) is 0 Å². The molecule has 0 fully saturated rings. The van der Waals surface area contributed by atoms with Crippen LogP contribution in [0.4, 0.5) is 4.39 Å². The lowest BCUT2D eigenvalue weighted by Crippen LogP contribution is -2.30. The molecule has 1 unspecified atom stereocenters. The van der Waals surface area contributed by atoms with Crippen molar-refractivity contribution in [3.63, 3.8) is 0 Å². The van der Waals surface area contributed by atoms with Crippen LogP contribution in [0.2, 0.25) is 5.02 Å². The van der Waals surface area contributed by atoms with Crippen molar-refractivity contribution >= 4 is 22.9 Å². The maximum atomic E-state index is 13.9. The van der Waals surface area contributed by atoms with Gasteiger partial charge in [0.1, 0.15) is 5.82 Å². The van der Waals surface area contributed by atoms with E-state index in [-0.39, 0.29) is 11.9 Å². The molecule has 1 atom stereocenters. The number of hydrazine groups is 1. The normalized spacial score (nSPS) is 12.6. The first-order chi connectivity index (χ1) is 9.13. The van der Waals surface area contributed by atoms with Gasteiger partial charge in [-0.1, -0.05) is 24.6 Å². The van der Waals surface area contributed by atoms with E-state index in [1.165, 1.54) is 15.8 Å². The Labute approximate surface area is 121 Å². The number of thiophene rings is 1. The summed E-state index contributed by atoms with van der Waals surface area (Å²) in [5.74, 6) is 5.22. The molecule has 3 N–H and O–H groups in total. The predicted octanol–water partition coefficient (Wildman–Crippen LogP) is 3.85. The van der Waals surface area contributed by atoms with Crippen molar-refractivity contribution < 1.29 is 4.39 Å². The third kappa shape index (κ3) is 3.54. The summed E-state index contributed by atoms with van der Waals surface area (Å²) in [7, 11) is 0. The first kappa shape index (κ1) is 14.5. The molecule has 0 bridgehead atoms. The number of halogens is 2. The van der Waals surface area contributed by atoms with Gasteiger partial charge in [0.2, 0.25) is 0 Å². The number of aryl methyl sites for hydroxylation is 1. The standard InChI is InChI=1S/C14H16ClFN2S/c1-2-10-4-5-11(19-10)8-14(18-17)12-6-3-9(15)7-13(12)16/h3-7,14,18H,2,8,17H2,1H3. The van der Waals surface area contributed by atoms with Crippen molar-refractivity contribution in [2.45, 2.75) is 25.8 Å². The predicted molar refractivity (Wildman–Crippen MR) is 78.9 cm³/mol. The van der Waals surface area contributed by atoms with Crippen LogP contribution in [0.1, 0.15) is 28.3 Å². The maximum absolute atomic E-state index is 13.9. The highest BCUT2D eigenvalue weighted by Crippen LogP contribution is 2.26. The molecular formula is C14H16ClFN2S. The molecule has 1 aromatic heterocycles. The highest BCUT2D eigenvalue weighted by molar-refractivity contribution is 7.11. The smallest absolute Gasteiger partial charge is 0.129 e. The van der Waals surface area contributed by atoms with Crippen LogP contribution in [0.15, 0.2) is 30.3 Å². The molecule has 19 heavy (non-hydrogen) atoms. The summed E-state index contributed by atoms with van der Waals surface area (Å²) in [6, 6.07) is 8.59. The Kier molecular flexibility index (Phi) is 4.93. The number of hydrogen-bond donors (Lipinski definition) is 2. The molecule has 0 aliphatic rings. The molecule has 0 radical (unpaired) electrons. The number of rotatable bonds is 5. The second-order valence-electron chi connectivity index (χ2n) is 4.31. The lowest BCUT2D eigenvalue weighted by molar-refractivity contribution is 0.513. The lowest BCUT2D eigenvalue weighted by atomic mass is 10.0.